The lowest BCUT2D eigenvalue weighted by Gasteiger charge is -2.47. The largest absolute Gasteiger partial charge is 0.345 e. The number of aromatic nitrogens is 6. The maximum Gasteiger partial charge on any atom is 0.285 e. The lowest BCUT2D eigenvalue weighted by atomic mass is 9.89. The second-order valence-corrected chi connectivity index (χ2v) is 8.10. The van der Waals surface area contributed by atoms with Crippen LogP contribution in [0.2, 0.25) is 0 Å². The van der Waals surface area contributed by atoms with Crippen molar-refractivity contribution in [2.75, 3.05) is 11.4 Å². The molecule has 10 heteroatoms. The van der Waals surface area contributed by atoms with E-state index in [9.17, 15) is 14.4 Å². The summed E-state index contributed by atoms with van der Waals surface area (Å²) in [5.41, 5.74) is 1.00. The summed E-state index contributed by atoms with van der Waals surface area (Å²) in [6.07, 6.45) is 4.49. The van der Waals surface area contributed by atoms with E-state index in [1.165, 1.54) is 27.7 Å². The van der Waals surface area contributed by atoms with E-state index < -0.39 is 11.4 Å². The first-order valence-corrected chi connectivity index (χ1v) is 10.4. The molecule has 0 spiro atoms. The first kappa shape index (κ1) is 19.2. The third kappa shape index (κ3) is 2.69. The van der Waals surface area contributed by atoms with Crippen LogP contribution in [0.4, 0.5) is 10.2 Å². The Bertz CT molecular complexity index is 1630. The van der Waals surface area contributed by atoms with E-state index in [1.54, 1.807) is 18.3 Å². The fourth-order valence-corrected chi connectivity index (χ4v) is 4.62. The maximum absolute atomic E-state index is 14.4. The van der Waals surface area contributed by atoms with E-state index in [1.807, 2.05) is 23.1 Å². The molecule has 1 N–H and O–H groups in total. The zero-order valence-electron chi connectivity index (χ0n) is 17.5. The van der Waals surface area contributed by atoms with Crippen LogP contribution in [0, 0.1) is 23.1 Å². The van der Waals surface area contributed by atoms with Gasteiger partial charge in [0.15, 0.2) is 17.2 Å². The second kappa shape index (κ2) is 7.00. The molecule has 1 saturated heterocycles. The maximum atomic E-state index is 14.4. The van der Waals surface area contributed by atoms with Crippen LogP contribution < -0.4 is 10.5 Å². The minimum atomic E-state index is -0.620. The van der Waals surface area contributed by atoms with Crippen molar-refractivity contribution in [3.63, 3.8) is 0 Å². The second-order valence-electron chi connectivity index (χ2n) is 8.10. The number of nitriles is 1. The average molecular weight is 440 g/mol. The number of aromatic amines is 1. The Hall–Kier alpha value is -4.52. The van der Waals surface area contributed by atoms with E-state index >= 15 is 0 Å². The van der Waals surface area contributed by atoms with Gasteiger partial charge in [0.25, 0.3) is 5.56 Å². The summed E-state index contributed by atoms with van der Waals surface area (Å²) in [5, 5.41) is 14.9. The van der Waals surface area contributed by atoms with Crippen LogP contribution in [0.3, 0.4) is 0 Å². The predicted molar refractivity (Wildman–Crippen MR) is 119 cm³/mol. The molecule has 1 aromatic carbocycles. The smallest absolute Gasteiger partial charge is 0.285 e. The van der Waals surface area contributed by atoms with Gasteiger partial charge in [0, 0.05) is 24.9 Å². The Morgan fingerprint density at radius 1 is 1.21 bits per heavy atom. The van der Waals surface area contributed by atoms with Gasteiger partial charge < -0.3 is 9.88 Å². The molecule has 4 aromatic heterocycles. The third-order valence-corrected chi connectivity index (χ3v) is 6.14. The Morgan fingerprint density at radius 2 is 2.03 bits per heavy atom. The molecule has 9 nitrogen and oxygen atoms in total. The highest BCUT2D eigenvalue weighted by Crippen LogP contribution is 2.43. The van der Waals surface area contributed by atoms with Crippen LogP contribution in [0.5, 0.6) is 0 Å². The lowest BCUT2D eigenvalue weighted by Crippen LogP contribution is -2.51. The van der Waals surface area contributed by atoms with Crippen molar-refractivity contribution in [3.8, 4) is 11.8 Å². The molecule has 33 heavy (non-hydrogen) atoms. The molecular formula is C23H17FN8O. The molecule has 2 atom stereocenters. The molecule has 1 aliphatic heterocycles. The molecule has 0 bridgehead atoms. The lowest BCUT2D eigenvalue weighted by molar-refractivity contribution is 0.301. The van der Waals surface area contributed by atoms with E-state index in [0.717, 1.165) is 0 Å². The number of rotatable bonds is 3. The highest BCUT2D eigenvalue weighted by atomic mass is 19.1. The monoisotopic (exact) mass is 440 g/mol. The zero-order valence-corrected chi connectivity index (χ0v) is 17.5. The number of hydrogen-bond acceptors (Lipinski definition) is 6. The van der Waals surface area contributed by atoms with Crippen molar-refractivity contribution in [3.05, 3.63) is 82.7 Å². The van der Waals surface area contributed by atoms with E-state index in [4.69, 9.17) is 0 Å². The minimum Gasteiger partial charge on any atom is -0.345 e. The molecule has 1 fully saturated rings. The molecule has 0 saturated carbocycles. The van der Waals surface area contributed by atoms with Gasteiger partial charge in [0.05, 0.1) is 22.7 Å². The van der Waals surface area contributed by atoms with E-state index in [0.29, 0.717) is 40.5 Å². The van der Waals surface area contributed by atoms with Gasteiger partial charge >= 0.3 is 0 Å². The van der Waals surface area contributed by atoms with Crippen LogP contribution in [0.1, 0.15) is 24.4 Å². The van der Waals surface area contributed by atoms with Gasteiger partial charge in [-0.2, -0.15) is 10.4 Å². The average Bonchev–Trinajstić information content (AvgIpc) is 3.41. The summed E-state index contributed by atoms with van der Waals surface area (Å²) in [6.45, 7) is 2.71. The number of nitrogens with one attached hydrogen (secondary N) is 1. The number of hydrogen-bond donors (Lipinski definition) is 1. The molecule has 5 aromatic rings. The molecule has 1 aliphatic rings. The molecule has 5 heterocycles. The van der Waals surface area contributed by atoms with Crippen LogP contribution in [0.25, 0.3) is 22.2 Å². The Morgan fingerprint density at radius 3 is 2.79 bits per heavy atom. The summed E-state index contributed by atoms with van der Waals surface area (Å²) >= 11 is 0. The molecule has 0 unspecified atom stereocenters. The highest BCUT2D eigenvalue weighted by molar-refractivity contribution is 5.93. The number of benzene rings is 1. The van der Waals surface area contributed by atoms with Crippen molar-refractivity contribution in [1.29, 1.82) is 5.26 Å². The number of fused-ring (bicyclic) bond motifs is 2. The normalized spacial score (nSPS) is 17.9. The van der Waals surface area contributed by atoms with Crippen molar-refractivity contribution in [2.45, 2.75) is 13.0 Å². The minimum absolute atomic E-state index is 0.108. The quantitative estimate of drug-likeness (QED) is 0.462. The third-order valence-electron chi connectivity index (χ3n) is 6.14. The fourth-order valence-electron chi connectivity index (χ4n) is 4.62. The molecule has 0 aliphatic carbocycles. The van der Waals surface area contributed by atoms with Gasteiger partial charge in [-0.1, -0.05) is 25.1 Å². The summed E-state index contributed by atoms with van der Waals surface area (Å²) < 4.78 is 17.2. The van der Waals surface area contributed by atoms with E-state index in [2.05, 4.69) is 33.0 Å². The summed E-state index contributed by atoms with van der Waals surface area (Å²) in [7, 11) is 0. The molecule has 0 radical (unpaired) electrons. The Labute approximate surface area is 186 Å². The van der Waals surface area contributed by atoms with Gasteiger partial charge in [0.1, 0.15) is 23.9 Å². The molecule has 162 valence electrons. The standard InChI is InChI=1S/C23H17FN8O/c1-13-11-30(21-17-14(9-25)10-26-20(17)27-12-28-21)18(13)22-29-31-8-7-16(24)19(31)23(33)32(22)15-5-3-2-4-6-15/h2-8,10,12-13,18H,11H2,1H3,(H,26,27,28)/t13-,18-/m0/s1. The number of H-pyrrole nitrogens is 1. The number of para-hydroxylation sites is 1. The molecule has 6 rings (SSSR count). The summed E-state index contributed by atoms with van der Waals surface area (Å²) in [6, 6.07) is 12.2. The molecule has 0 amide bonds. The number of halogens is 1. The zero-order chi connectivity index (χ0) is 22.7. The number of nitrogens with zero attached hydrogens (tertiary/aromatic N) is 7. The van der Waals surface area contributed by atoms with Crippen LogP contribution in [0.15, 0.2) is 59.9 Å². The first-order chi connectivity index (χ1) is 16.1. The topological polar surface area (TPSA) is 108 Å². The summed E-state index contributed by atoms with van der Waals surface area (Å²) in [4.78, 5) is 27.2. The van der Waals surface area contributed by atoms with Gasteiger partial charge in [-0.15, -0.1) is 0 Å². The van der Waals surface area contributed by atoms with Crippen LogP contribution in [-0.4, -0.2) is 35.7 Å². The fraction of sp³-hybridized carbons (Fsp3) is 0.174. The van der Waals surface area contributed by atoms with Gasteiger partial charge in [0.2, 0.25) is 0 Å². The highest BCUT2D eigenvalue weighted by Gasteiger charge is 2.42. The van der Waals surface area contributed by atoms with E-state index in [-0.39, 0.29) is 17.5 Å². The number of anilines is 1. The van der Waals surface area contributed by atoms with Gasteiger partial charge in [-0.3, -0.25) is 9.36 Å². The van der Waals surface area contributed by atoms with Crippen molar-refractivity contribution >= 4 is 22.4 Å². The Balaban J connectivity index is 1.60. The Kier molecular flexibility index (Phi) is 4.07. The summed E-state index contributed by atoms with van der Waals surface area (Å²) in [5.74, 6) is 0.562. The molecular weight excluding hydrogens is 423 g/mol. The SMILES string of the molecule is C[C@H]1CN(c2ncnc3[nH]cc(C#N)c23)[C@@H]1c1nn2ccc(F)c2c(=O)n1-c1ccccc1. The van der Waals surface area contributed by atoms with Crippen molar-refractivity contribution < 1.29 is 4.39 Å². The van der Waals surface area contributed by atoms with Crippen molar-refractivity contribution in [2.24, 2.45) is 5.92 Å². The van der Waals surface area contributed by atoms with Crippen LogP contribution >= 0.6 is 0 Å². The van der Waals surface area contributed by atoms with Gasteiger partial charge in [-0.05, 0) is 18.2 Å². The first-order valence-electron chi connectivity index (χ1n) is 10.4. The predicted octanol–water partition coefficient (Wildman–Crippen LogP) is 2.96. The van der Waals surface area contributed by atoms with Gasteiger partial charge in [-0.25, -0.2) is 18.9 Å². The van der Waals surface area contributed by atoms with Crippen LogP contribution in [-0.2, 0) is 0 Å². The van der Waals surface area contributed by atoms with Crippen molar-refractivity contribution in [1.82, 2.24) is 29.1 Å².